The summed E-state index contributed by atoms with van der Waals surface area (Å²) in [5.74, 6) is -0.0804. The minimum absolute atomic E-state index is 0.0532. The fourth-order valence-electron chi connectivity index (χ4n) is 3.80. The number of nitrogens with zero attached hydrogens (tertiary/aromatic N) is 3. The molecule has 0 fully saturated rings. The summed E-state index contributed by atoms with van der Waals surface area (Å²) in [5.41, 5.74) is 3.77. The topological polar surface area (TPSA) is 105 Å². The van der Waals surface area contributed by atoms with Gasteiger partial charge in [0.05, 0.1) is 30.4 Å². The molecule has 0 saturated carbocycles. The first-order valence-electron chi connectivity index (χ1n) is 11.7. The summed E-state index contributed by atoms with van der Waals surface area (Å²) < 4.78 is 30.7. The third-order valence-corrected chi connectivity index (χ3v) is 7.57. The highest BCUT2D eigenvalue weighted by Crippen LogP contribution is 2.26. The Bertz CT molecular complexity index is 1500. The fraction of sp³-hybridized carbons (Fsp3) is 0.222. The van der Waals surface area contributed by atoms with Gasteiger partial charge in [-0.05, 0) is 55.3 Å². The molecule has 8 nitrogen and oxygen atoms in total. The summed E-state index contributed by atoms with van der Waals surface area (Å²) in [6.45, 7) is 6.02. The van der Waals surface area contributed by atoms with Gasteiger partial charge in [-0.25, -0.2) is 18.4 Å². The molecule has 0 radical (unpaired) electrons. The highest BCUT2D eigenvalue weighted by Gasteiger charge is 2.25. The molecule has 0 unspecified atom stereocenters. The maximum Gasteiger partial charge on any atom is 0.276 e. The van der Waals surface area contributed by atoms with Crippen molar-refractivity contribution in [1.82, 2.24) is 9.97 Å². The molecule has 2 aromatic carbocycles. The molecule has 0 atom stereocenters. The van der Waals surface area contributed by atoms with Crippen molar-refractivity contribution in [3.8, 4) is 0 Å². The zero-order valence-corrected chi connectivity index (χ0v) is 22.3. The number of hydrogen-bond acceptors (Lipinski definition) is 7. The Morgan fingerprint density at radius 1 is 1.08 bits per heavy atom. The predicted octanol–water partition coefficient (Wildman–Crippen LogP) is 5.59. The van der Waals surface area contributed by atoms with Gasteiger partial charge in [0.25, 0.3) is 5.91 Å². The highest BCUT2D eigenvalue weighted by molar-refractivity contribution is 7.91. The van der Waals surface area contributed by atoms with Crippen molar-refractivity contribution in [2.75, 3.05) is 16.0 Å². The lowest BCUT2D eigenvalue weighted by Gasteiger charge is -2.25. The molecule has 0 aliphatic heterocycles. The van der Waals surface area contributed by atoms with Crippen LogP contribution in [-0.2, 0) is 22.9 Å². The number of carbonyl (C=O) groups excluding carboxylic acids is 1. The Morgan fingerprint density at radius 3 is 2.49 bits per heavy atom. The van der Waals surface area contributed by atoms with Crippen LogP contribution in [0.5, 0.6) is 0 Å². The fourth-order valence-corrected chi connectivity index (χ4v) is 4.63. The summed E-state index contributed by atoms with van der Waals surface area (Å²) >= 11 is 6.06. The lowest BCUT2D eigenvalue weighted by atomic mass is 10.1. The van der Waals surface area contributed by atoms with Gasteiger partial charge in [0.15, 0.2) is 5.69 Å². The van der Waals surface area contributed by atoms with Crippen molar-refractivity contribution in [3.05, 3.63) is 100 Å². The molecule has 0 spiro atoms. The van der Waals surface area contributed by atoms with Gasteiger partial charge in [-0.2, -0.15) is 0 Å². The second kappa shape index (κ2) is 11.1. The number of carbonyl (C=O) groups is 1. The molecular weight excluding hydrogens is 512 g/mol. The highest BCUT2D eigenvalue weighted by atomic mass is 35.5. The van der Waals surface area contributed by atoms with Gasteiger partial charge >= 0.3 is 0 Å². The van der Waals surface area contributed by atoms with E-state index in [4.69, 9.17) is 16.0 Å². The zero-order chi connectivity index (χ0) is 26.6. The van der Waals surface area contributed by atoms with Crippen LogP contribution < -0.4 is 10.2 Å². The monoisotopic (exact) mass is 538 g/mol. The number of aryl methyl sites for hydroxylation is 2. The quantitative estimate of drug-likeness (QED) is 0.277. The van der Waals surface area contributed by atoms with E-state index >= 15 is 0 Å². The van der Waals surface area contributed by atoms with Crippen LogP contribution in [0.3, 0.4) is 0 Å². The molecule has 1 amide bonds. The number of furan rings is 1. The van der Waals surface area contributed by atoms with Crippen LogP contribution >= 0.6 is 11.6 Å². The molecule has 0 bridgehead atoms. The van der Waals surface area contributed by atoms with Gasteiger partial charge in [-0.15, -0.1) is 0 Å². The van der Waals surface area contributed by atoms with E-state index in [0.717, 1.165) is 16.7 Å². The van der Waals surface area contributed by atoms with Crippen molar-refractivity contribution in [2.45, 2.75) is 39.0 Å². The standard InChI is InChI=1S/C27H27ClN4O4S/c1-4-37(34,35)27-29-15-24(25(31-27)26(33)30-23-12-7-18(2)14-19(23)3)32(17-22-6-5-13-36-22)16-20-8-10-21(28)11-9-20/h5-15H,4,16-17H2,1-3H3,(H,30,33). The van der Waals surface area contributed by atoms with Crippen LogP contribution in [0.4, 0.5) is 11.4 Å². The van der Waals surface area contributed by atoms with Crippen LogP contribution in [0.15, 0.2) is 76.6 Å². The molecule has 2 heterocycles. The smallest absolute Gasteiger partial charge is 0.276 e. The Balaban J connectivity index is 1.80. The summed E-state index contributed by atoms with van der Waals surface area (Å²) in [6, 6.07) is 16.6. The van der Waals surface area contributed by atoms with Gasteiger partial charge in [-0.1, -0.05) is 48.4 Å². The Morgan fingerprint density at radius 2 is 1.84 bits per heavy atom. The van der Waals surface area contributed by atoms with Gasteiger partial charge < -0.3 is 14.6 Å². The van der Waals surface area contributed by atoms with Crippen molar-refractivity contribution >= 4 is 38.7 Å². The maximum atomic E-state index is 13.6. The van der Waals surface area contributed by atoms with Crippen LogP contribution in [0, 0.1) is 13.8 Å². The molecule has 0 saturated heterocycles. The number of benzene rings is 2. The van der Waals surface area contributed by atoms with E-state index in [0.29, 0.717) is 35.2 Å². The third-order valence-electron chi connectivity index (χ3n) is 5.80. The first-order valence-corrected chi connectivity index (χ1v) is 13.7. The summed E-state index contributed by atoms with van der Waals surface area (Å²) in [6.07, 6.45) is 2.95. The van der Waals surface area contributed by atoms with Crippen molar-refractivity contribution in [1.29, 1.82) is 0 Å². The molecule has 4 aromatic rings. The van der Waals surface area contributed by atoms with Crippen LogP contribution in [0.2, 0.25) is 5.02 Å². The summed E-state index contributed by atoms with van der Waals surface area (Å²) in [7, 11) is -3.75. The summed E-state index contributed by atoms with van der Waals surface area (Å²) in [4.78, 5) is 23.8. The Kier molecular flexibility index (Phi) is 7.94. The van der Waals surface area contributed by atoms with Gasteiger partial charge in [0.1, 0.15) is 5.76 Å². The van der Waals surface area contributed by atoms with E-state index in [1.54, 1.807) is 30.5 Å². The van der Waals surface area contributed by atoms with E-state index in [1.807, 2.05) is 49.1 Å². The average Bonchev–Trinajstić information content (AvgIpc) is 3.39. The number of anilines is 2. The summed E-state index contributed by atoms with van der Waals surface area (Å²) in [5, 5.41) is 3.09. The van der Waals surface area contributed by atoms with Crippen molar-refractivity contribution in [3.63, 3.8) is 0 Å². The van der Waals surface area contributed by atoms with Crippen molar-refractivity contribution < 1.29 is 17.6 Å². The van der Waals surface area contributed by atoms with E-state index < -0.39 is 20.9 Å². The van der Waals surface area contributed by atoms with E-state index in [2.05, 4.69) is 15.3 Å². The number of sulfone groups is 1. The first kappa shape index (κ1) is 26.4. The average molecular weight is 539 g/mol. The van der Waals surface area contributed by atoms with Crippen molar-refractivity contribution in [2.24, 2.45) is 0 Å². The number of aromatic nitrogens is 2. The predicted molar refractivity (Wildman–Crippen MR) is 144 cm³/mol. The number of rotatable bonds is 9. The van der Waals surface area contributed by atoms with E-state index in [9.17, 15) is 13.2 Å². The molecular formula is C27H27ClN4O4S. The number of nitrogens with one attached hydrogen (secondary N) is 1. The SMILES string of the molecule is CCS(=O)(=O)c1ncc(N(Cc2ccc(Cl)cc2)Cc2ccco2)c(C(=O)Nc2ccc(C)cc2C)n1. The first-order chi connectivity index (χ1) is 17.7. The molecule has 192 valence electrons. The number of amides is 1. The number of hydrogen-bond donors (Lipinski definition) is 1. The second-order valence-electron chi connectivity index (χ2n) is 8.62. The molecule has 2 aromatic heterocycles. The normalized spacial score (nSPS) is 11.4. The van der Waals surface area contributed by atoms with Gasteiger partial charge in [0, 0.05) is 17.3 Å². The van der Waals surface area contributed by atoms with Crippen LogP contribution in [-0.4, -0.2) is 30.0 Å². The van der Waals surface area contributed by atoms with Gasteiger partial charge in [0.2, 0.25) is 15.0 Å². The molecule has 0 aliphatic rings. The Hall–Kier alpha value is -3.69. The Labute approximate surface area is 221 Å². The van der Waals surface area contributed by atoms with Gasteiger partial charge in [-0.3, -0.25) is 4.79 Å². The molecule has 4 rings (SSSR count). The maximum absolute atomic E-state index is 13.6. The lowest BCUT2D eigenvalue weighted by molar-refractivity contribution is 0.102. The van der Waals surface area contributed by atoms with E-state index in [1.165, 1.54) is 13.1 Å². The van der Waals surface area contributed by atoms with E-state index in [-0.39, 0.29) is 11.4 Å². The molecule has 0 aliphatic carbocycles. The minimum Gasteiger partial charge on any atom is -0.467 e. The largest absolute Gasteiger partial charge is 0.467 e. The number of halogens is 1. The van der Waals surface area contributed by atoms with Crippen LogP contribution in [0.1, 0.15) is 39.9 Å². The molecule has 10 heteroatoms. The lowest BCUT2D eigenvalue weighted by Crippen LogP contribution is -2.28. The molecule has 37 heavy (non-hydrogen) atoms. The third kappa shape index (κ3) is 6.36. The second-order valence-corrected chi connectivity index (χ2v) is 11.2. The molecule has 1 N–H and O–H groups in total. The zero-order valence-electron chi connectivity index (χ0n) is 20.7. The minimum atomic E-state index is -3.75. The van der Waals surface area contributed by atoms with Crippen LogP contribution in [0.25, 0.3) is 0 Å².